The number of nitrogens with one attached hydrogen (secondary N) is 2. The monoisotopic (exact) mass is 590 g/mol. The summed E-state index contributed by atoms with van der Waals surface area (Å²) in [6.07, 6.45) is 9.31. The van der Waals surface area contributed by atoms with Crippen LogP contribution >= 0.6 is 0 Å². The van der Waals surface area contributed by atoms with E-state index in [1.807, 2.05) is 43.3 Å². The number of aromatic nitrogens is 1. The Labute approximate surface area is 250 Å². The van der Waals surface area contributed by atoms with Gasteiger partial charge in [0.05, 0.1) is 13.2 Å². The van der Waals surface area contributed by atoms with Crippen LogP contribution < -0.4 is 15.4 Å². The maximum Gasteiger partial charge on any atom is 0.407 e. The lowest BCUT2D eigenvalue weighted by molar-refractivity contribution is -0.145. The van der Waals surface area contributed by atoms with Crippen LogP contribution in [0.5, 0.6) is 5.88 Å². The average molecular weight is 591 g/mol. The van der Waals surface area contributed by atoms with Gasteiger partial charge in [-0.1, -0.05) is 50.1 Å². The topological polar surface area (TPSA) is 147 Å². The Morgan fingerprint density at radius 3 is 2.88 bits per heavy atom. The highest BCUT2D eigenvalue weighted by Gasteiger charge is 2.61. The normalized spacial score (nSPS) is 27.4. The Kier molecular flexibility index (Phi) is 8.98. The van der Waals surface area contributed by atoms with Gasteiger partial charge in [0.25, 0.3) is 0 Å². The van der Waals surface area contributed by atoms with Crippen LogP contribution in [0, 0.1) is 5.92 Å². The standard InChI is InChI=1S/C32H38N4O7/c1-3-5-10-25-29(38)36-19-23(17-26(36)27(37)35-32(30(39)40)18-22(32)4-2)43-28-24-16-20(11-12-21(24)13-14-33-28)9-7-6-8-15-42-31(41)34-25/h4,7,9,11-14,16,22-23,25-26H,2-3,5-6,8,10,15,17-19H2,1H3,(H,34,41)(H,35,37)(H,39,40)/t22-,23-,25+,26+,32-/m1/s1. The lowest BCUT2D eigenvalue weighted by Gasteiger charge is -2.29. The minimum atomic E-state index is -1.45. The van der Waals surface area contributed by atoms with Crippen molar-refractivity contribution in [3.8, 4) is 5.88 Å². The molecule has 11 heteroatoms. The number of carbonyl (C=O) groups is 4. The Bertz CT molecular complexity index is 1440. The third-order valence-corrected chi connectivity index (χ3v) is 8.40. The molecule has 4 bridgehead atoms. The van der Waals surface area contributed by atoms with Crippen LogP contribution in [0.15, 0.2) is 49.2 Å². The quantitative estimate of drug-likeness (QED) is 0.413. The summed E-state index contributed by atoms with van der Waals surface area (Å²) in [5, 5.41) is 17.0. The van der Waals surface area contributed by atoms with Crippen molar-refractivity contribution in [1.82, 2.24) is 20.5 Å². The summed E-state index contributed by atoms with van der Waals surface area (Å²) < 4.78 is 11.7. The van der Waals surface area contributed by atoms with Crippen molar-refractivity contribution in [3.63, 3.8) is 0 Å². The minimum Gasteiger partial charge on any atom is -0.479 e. The van der Waals surface area contributed by atoms with Crippen molar-refractivity contribution in [3.05, 3.63) is 54.8 Å². The zero-order valence-corrected chi connectivity index (χ0v) is 24.3. The molecule has 1 saturated carbocycles. The summed E-state index contributed by atoms with van der Waals surface area (Å²) in [5.41, 5.74) is -0.506. The fourth-order valence-electron chi connectivity index (χ4n) is 5.84. The van der Waals surface area contributed by atoms with Gasteiger partial charge in [0, 0.05) is 23.9 Å². The average Bonchev–Trinajstić information content (AvgIpc) is 3.56. The van der Waals surface area contributed by atoms with Gasteiger partial charge in [-0.3, -0.25) is 9.59 Å². The van der Waals surface area contributed by atoms with Crippen molar-refractivity contribution in [2.24, 2.45) is 5.92 Å². The minimum absolute atomic E-state index is 0.0545. The van der Waals surface area contributed by atoms with Crippen LogP contribution in [-0.2, 0) is 19.1 Å². The molecule has 2 aromatic rings. The number of cyclic esters (lactones) is 1. The molecule has 1 saturated heterocycles. The second-order valence-corrected chi connectivity index (χ2v) is 11.4. The van der Waals surface area contributed by atoms with Crippen LogP contribution in [0.3, 0.4) is 0 Å². The molecule has 3 N–H and O–H groups in total. The first-order valence-electron chi connectivity index (χ1n) is 14.9. The number of alkyl carbamates (subject to hydrolysis) is 1. The first kappa shape index (κ1) is 30.1. The molecule has 1 aromatic carbocycles. The lowest BCUT2D eigenvalue weighted by Crippen LogP contribution is -2.56. The van der Waals surface area contributed by atoms with E-state index in [-0.39, 0.29) is 26.0 Å². The molecule has 228 valence electrons. The molecule has 1 aromatic heterocycles. The van der Waals surface area contributed by atoms with Crippen molar-refractivity contribution in [1.29, 1.82) is 0 Å². The summed E-state index contributed by atoms with van der Waals surface area (Å²) in [5.74, 6) is -2.22. The number of nitrogens with zero attached hydrogens (tertiary/aromatic N) is 2. The fraction of sp³-hybridized carbons (Fsp3) is 0.469. The van der Waals surface area contributed by atoms with Crippen LogP contribution in [0.2, 0.25) is 0 Å². The van der Waals surface area contributed by atoms with Crippen LogP contribution in [0.4, 0.5) is 4.79 Å². The summed E-state index contributed by atoms with van der Waals surface area (Å²) in [6.45, 7) is 5.90. The number of amides is 3. The van der Waals surface area contributed by atoms with Crippen LogP contribution in [0.1, 0.15) is 57.4 Å². The number of carboxylic acid groups (broad SMARTS) is 1. The molecule has 0 unspecified atom stereocenters. The molecule has 2 fully saturated rings. The highest BCUT2D eigenvalue weighted by atomic mass is 16.5. The highest BCUT2D eigenvalue weighted by molar-refractivity contribution is 5.96. The second-order valence-electron chi connectivity index (χ2n) is 11.4. The van der Waals surface area contributed by atoms with Gasteiger partial charge in [-0.15, -0.1) is 6.58 Å². The first-order valence-corrected chi connectivity index (χ1v) is 14.9. The van der Waals surface area contributed by atoms with Gasteiger partial charge in [-0.25, -0.2) is 14.6 Å². The Morgan fingerprint density at radius 2 is 2.14 bits per heavy atom. The maximum atomic E-state index is 14.0. The second kappa shape index (κ2) is 12.8. The van der Waals surface area contributed by atoms with Gasteiger partial charge in [0.2, 0.25) is 17.7 Å². The molecule has 3 aliphatic rings. The van der Waals surface area contributed by atoms with Gasteiger partial charge in [-0.2, -0.15) is 0 Å². The summed E-state index contributed by atoms with van der Waals surface area (Å²) in [7, 11) is 0. The van der Waals surface area contributed by atoms with E-state index in [9.17, 15) is 24.3 Å². The van der Waals surface area contributed by atoms with E-state index in [1.165, 1.54) is 11.0 Å². The number of allylic oxidation sites excluding steroid dienone is 1. The molecule has 0 spiro atoms. The molecule has 11 nitrogen and oxygen atoms in total. The highest BCUT2D eigenvalue weighted by Crippen LogP contribution is 2.45. The Hall–Kier alpha value is -4.41. The van der Waals surface area contributed by atoms with E-state index in [2.05, 4.69) is 22.2 Å². The number of fused-ring (bicyclic) bond motifs is 3. The van der Waals surface area contributed by atoms with Crippen molar-refractivity contribution in [2.75, 3.05) is 13.2 Å². The number of benzene rings is 1. The van der Waals surface area contributed by atoms with E-state index < -0.39 is 53.5 Å². The van der Waals surface area contributed by atoms with E-state index in [1.54, 1.807) is 6.20 Å². The van der Waals surface area contributed by atoms with Crippen molar-refractivity contribution in [2.45, 2.75) is 75.6 Å². The van der Waals surface area contributed by atoms with Gasteiger partial charge in [-0.05, 0) is 48.8 Å². The van der Waals surface area contributed by atoms with Gasteiger partial charge in [0.1, 0.15) is 23.7 Å². The predicted octanol–water partition coefficient (Wildman–Crippen LogP) is 3.82. The predicted molar refractivity (Wildman–Crippen MR) is 159 cm³/mol. The third-order valence-electron chi connectivity index (χ3n) is 8.40. The molecule has 0 radical (unpaired) electrons. The number of pyridine rings is 1. The van der Waals surface area contributed by atoms with Crippen LogP contribution in [0.25, 0.3) is 16.8 Å². The number of carboxylic acids is 1. The van der Waals surface area contributed by atoms with E-state index >= 15 is 0 Å². The molecule has 1 aliphatic carbocycles. The van der Waals surface area contributed by atoms with Gasteiger partial charge in [0.15, 0.2) is 0 Å². The molecular weight excluding hydrogens is 552 g/mol. The smallest absolute Gasteiger partial charge is 0.407 e. The number of carbonyl (C=O) groups excluding carboxylic acids is 3. The molecule has 5 atom stereocenters. The number of hydrogen-bond donors (Lipinski definition) is 3. The summed E-state index contributed by atoms with van der Waals surface area (Å²) >= 11 is 0. The van der Waals surface area contributed by atoms with Crippen molar-refractivity contribution < 1.29 is 33.8 Å². The van der Waals surface area contributed by atoms with Gasteiger partial charge < -0.3 is 30.1 Å². The number of ether oxygens (including phenoxy) is 2. The molecule has 5 rings (SSSR count). The molecule has 2 aliphatic heterocycles. The van der Waals surface area contributed by atoms with Crippen LogP contribution in [-0.4, -0.2) is 75.7 Å². The molecule has 3 heterocycles. The maximum absolute atomic E-state index is 14.0. The third kappa shape index (κ3) is 6.50. The zero-order valence-electron chi connectivity index (χ0n) is 24.3. The number of aliphatic carboxylic acids is 1. The number of hydrogen-bond acceptors (Lipinski definition) is 7. The molecular formula is C32H38N4O7. The summed E-state index contributed by atoms with van der Waals surface area (Å²) in [6, 6.07) is 5.89. The van der Waals surface area contributed by atoms with Crippen molar-refractivity contribution >= 4 is 40.7 Å². The first-order chi connectivity index (χ1) is 20.8. The Morgan fingerprint density at radius 1 is 1.30 bits per heavy atom. The van der Waals surface area contributed by atoms with Gasteiger partial charge >= 0.3 is 12.1 Å². The SMILES string of the molecule is C=C[C@@H]1C[C@]1(NC(=O)[C@@H]1C[C@@H]2CN1C(=O)[C@H](CCCC)NC(=O)OCCCC=Cc1ccc3ccnc(c3c1)O2)C(=O)O. The Balaban J connectivity index is 1.49. The van der Waals surface area contributed by atoms with E-state index in [0.29, 0.717) is 31.6 Å². The number of unbranched alkanes of at least 4 members (excludes halogenated alkanes) is 1. The molecule has 43 heavy (non-hydrogen) atoms. The van der Waals surface area contributed by atoms with E-state index in [0.717, 1.165) is 22.8 Å². The van der Waals surface area contributed by atoms with E-state index in [4.69, 9.17) is 9.47 Å². The fourth-order valence-corrected chi connectivity index (χ4v) is 5.84. The summed E-state index contributed by atoms with van der Waals surface area (Å²) in [4.78, 5) is 58.3. The largest absolute Gasteiger partial charge is 0.479 e. The lowest BCUT2D eigenvalue weighted by atomic mass is 10.1. The molecule has 3 amide bonds. The zero-order chi connectivity index (χ0) is 30.6. The number of rotatable bonds is 7.